The van der Waals surface area contributed by atoms with Crippen LogP contribution in [0.1, 0.15) is 16.2 Å². The van der Waals surface area contributed by atoms with E-state index in [4.69, 9.17) is 5.73 Å². The molecule has 4 heteroatoms. The highest BCUT2D eigenvalue weighted by atomic mass is 16.5. The predicted molar refractivity (Wildman–Crippen MR) is 43.5 cm³/mol. The smallest absolute Gasteiger partial charge is 0.356 e. The summed E-state index contributed by atoms with van der Waals surface area (Å²) in [6.07, 6.45) is 0. The Kier molecular flexibility index (Phi) is 2.76. The van der Waals surface area contributed by atoms with Gasteiger partial charge in [0.2, 0.25) is 0 Å². The van der Waals surface area contributed by atoms with Gasteiger partial charge in [0, 0.05) is 6.54 Å². The molecule has 0 aliphatic carbocycles. The molecule has 64 valence electrons. The molecule has 0 aliphatic rings. The van der Waals surface area contributed by atoms with E-state index in [2.05, 4.69) is 9.72 Å². The zero-order valence-electron chi connectivity index (χ0n) is 6.78. The molecule has 0 atom stereocenters. The molecule has 1 aromatic rings. The van der Waals surface area contributed by atoms with Crippen molar-refractivity contribution in [1.29, 1.82) is 0 Å². The molecule has 0 unspecified atom stereocenters. The Morgan fingerprint density at radius 2 is 2.42 bits per heavy atom. The second-order valence-electron chi connectivity index (χ2n) is 2.21. The van der Waals surface area contributed by atoms with Gasteiger partial charge in [-0.25, -0.2) is 9.78 Å². The molecule has 1 heterocycles. The van der Waals surface area contributed by atoms with Gasteiger partial charge in [-0.15, -0.1) is 0 Å². The standard InChI is InChI=1S/C8H10N2O2/c1-12-8(11)7-4-2-3-6(5-9)10-7/h2-4H,5,9H2,1H3. The molecule has 0 saturated carbocycles. The van der Waals surface area contributed by atoms with Crippen LogP contribution >= 0.6 is 0 Å². The van der Waals surface area contributed by atoms with Gasteiger partial charge in [-0.2, -0.15) is 0 Å². The number of methoxy groups -OCH3 is 1. The SMILES string of the molecule is COC(=O)c1cccc(CN)n1. The maximum Gasteiger partial charge on any atom is 0.356 e. The highest BCUT2D eigenvalue weighted by Gasteiger charge is 2.05. The van der Waals surface area contributed by atoms with Gasteiger partial charge in [-0.05, 0) is 12.1 Å². The summed E-state index contributed by atoms with van der Waals surface area (Å²) in [6, 6.07) is 5.07. The minimum absolute atomic E-state index is 0.292. The first-order valence-corrected chi connectivity index (χ1v) is 3.52. The third-order valence-electron chi connectivity index (χ3n) is 1.41. The Morgan fingerprint density at radius 3 is 3.00 bits per heavy atom. The van der Waals surface area contributed by atoms with Crippen molar-refractivity contribution in [1.82, 2.24) is 4.98 Å². The van der Waals surface area contributed by atoms with E-state index >= 15 is 0 Å². The maximum absolute atomic E-state index is 11.0. The molecule has 0 amide bonds. The van der Waals surface area contributed by atoms with Crippen LogP contribution < -0.4 is 5.73 Å². The van der Waals surface area contributed by atoms with Crippen molar-refractivity contribution in [2.24, 2.45) is 5.73 Å². The fourth-order valence-corrected chi connectivity index (χ4v) is 0.812. The van der Waals surface area contributed by atoms with Crippen LogP contribution in [0, 0.1) is 0 Å². The summed E-state index contributed by atoms with van der Waals surface area (Å²) in [4.78, 5) is 14.9. The van der Waals surface area contributed by atoms with Crippen LogP contribution in [0.3, 0.4) is 0 Å². The highest BCUT2D eigenvalue weighted by molar-refractivity contribution is 5.87. The third-order valence-corrected chi connectivity index (χ3v) is 1.41. The molecular formula is C8H10N2O2. The summed E-state index contributed by atoms with van der Waals surface area (Å²) in [6.45, 7) is 0.324. The van der Waals surface area contributed by atoms with E-state index < -0.39 is 5.97 Å². The van der Waals surface area contributed by atoms with E-state index in [0.717, 1.165) is 0 Å². The van der Waals surface area contributed by atoms with E-state index in [1.165, 1.54) is 7.11 Å². The number of aromatic nitrogens is 1. The number of rotatable bonds is 2. The fraction of sp³-hybridized carbons (Fsp3) is 0.250. The molecule has 0 saturated heterocycles. The Hall–Kier alpha value is -1.42. The van der Waals surface area contributed by atoms with Crippen molar-refractivity contribution < 1.29 is 9.53 Å². The second kappa shape index (κ2) is 3.82. The van der Waals surface area contributed by atoms with Gasteiger partial charge in [0.05, 0.1) is 12.8 Å². The first-order valence-electron chi connectivity index (χ1n) is 3.52. The molecule has 0 radical (unpaired) electrons. The van der Waals surface area contributed by atoms with E-state index in [-0.39, 0.29) is 0 Å². The highest BCUT2D eigenvalue weighted by Crippen LogP contribution is 1.99. The number of carbonyl (C=O) groups excluding carboxylic acids is 1. The van der Waals surface area contributed by atoms with E-state index in [1.54, 1.807) is 18.2 Å². The molecule has 0 fully saturated rings. The molecule has 1 rings (SSSR count). The zero-order chi connectivity index (χ0) is 8.97. The van der Waals surface area contributed by atoms with Crippen LogP contribution in [0.5, 0.6) is 0 Å². The van der Waals surface area contributed by atoms with Crippen molar-refractivity contribution in [3.05, 3.63) is 29.6 Å². The first-order chi connectivity index (χ1) is 5.77. The van der Waals surface area contributed by atoms with Gasteiger partial charge in [-0.3, -0.25) is 0 Å². The van der Waals surface area contributed by atoms with E-state index in [0.29, 0.717) is 17.9 Å². The first kappa shape index (κ1) is 8.67. The van der Waals surface area contributed by atoms with Crippen molar-refractivity contribution in [2.45, 2.75) is 6.54 Å². The quantitative estimate of drug-likeness (QED) is 0.643. The number of ether oxygens (including phenoxy) is 1. The van der Waals surface area contributed by atoms with Gasteiger partial charge >= 0.3 is 5.97 Å². The number of nitrogens with two attached hydrogens (primary N) is 1. The van der Waals surface area contributed by atoms with Gasteiger partial charge in [0.1, 0.15) is 5.69 Å². The zero-order valence-corrected chi connectivity index (χ0v) is 6.78. The Balaban J connectivity index is 2.93. The molecule has 0 aliphatic heterocycles. The Morgan fingerprint density at radius 1 is 1.67 bits per heavy atom. The molecule has 2 N–H and O–H groups in total. The largest absolute Gasteiger partial charge is 0.464 e. The lowest BCUT2D eigenvalue weighted by Crippen LogP contribution is -2.07. The van der Waals surface area contributed by atoms with Gasteiger partial charge in [0.15, 0.2) is 0 Å². The number of esters is 1. The number of carbonyl (C=O) groups is 1. The molecule has 12 heavy (non-hydrogen) atoms. The number of nitrogens with zero attached hydrogens (tertiary/aromatic N) is 1. The van der Waals surface area contributed by atoms with E-state index in [9.17, 15) is 4.79 Å². The van der Waals surface area contributed by atoms with Crippen molar-refractivity contribution in [2.75, 3.05) is 7.11 Å². The number of hydrogen-bond donors (Lipinski definition) is 1. The van der Waals surface area contributed by atoms with Crippen molar-refractivity contribution >= 4 is 5.97 Å². The summed E-state index contributed by atoms with van der Waals surface area (Å²) in [5.74, 6) is -0.440. The van der Waals surface area contributed by atoms with Crippen LogP contribution in [-0.2, 0) is 11.3 Å². The monoisotopic (exact) mass is 166 g/mol. The van der Waals surface area contributed by atoms with Gasteiger partial charge in [-0.1, -0.05) is 6.07 Å². The van der Waals surface area contributed by atoms with Gasteiger partial charge < -0.3 is 10.5 Å². The molecular weight excluding hydrogens is 156 g/mol. The maximum atomic E-state index is 11.0. The molecule has 1 aromatic heterocycles. The molecule has 0 bridgehead atoms. The van der Waals surface area contributed by atoms with Crippen LogP contribution in [0.2, 0.25) is 0 Å². The molecule has 0 spiro atoms. The summed E-state index contributed by atoms with van der Waals surface area (Å²) < 4.78 is 4.49. The Bertz CT molecular complexity index is 286. The summed E-state index contributed by atoms with van der Waals surface area (Å²) >= 11 is 0. The fourth-order valence-electron chi connectivity index (χ4n) is 0.812. The number of hydrogen-bond acceptors (Lipinski definition) is 4. The molecule has 4 nitrogen and oxygen atoms in total. The third kappa shape index (κ3) is 1.79. The summed E-state index contributed by atoms with van der Waals surface area (Å²) in [5.41, 5.74) is 6.32. The van der Waals surface area contributed by atoms with Crippen LogP contribution in [0.15, 0.2) is 18.2 Å². The summed E-state index contributed by atoms with van der Waals surface area (Å²) in [5, 5.41) is 0. The van der Waals surface area contributed by atoms with Gasteiger partial charge in [0.25, 0.3) is 0 Å². The average molecular weight is 166 g/mol. The van der Waals surface area contributed by atoms with Crippen LogP contribution in [0.25, 0.3) is 0 Å². The van der Waals surface area contributed by atoms with Crippen molar-refractivity contribution in [3.63, 3.8) is 0 Å². The predicted octanol–water partition coefficient (Wildman–Crippen LogP) is 0.327. The van der Waals surface area contributed by atoms with E-state index in [1.807, 2.05) is 0 Å². The minimum atomic E-state index is -0.440. The van der Waals surface area contributed by atoms with Crippen molar-refractivity contribution in [3.8, 4) is 0 Å². The topological polar surface area (TPSA) is 65.2 Å². The normalized spacial score (nSPS) is 9.50. The lowest BCUT2D eigenvalue weighted by molar-refractivity contribution is 0.0593. The Labute approximate surface area is 70.4 Å². The summed E-state index contributed by atoms with van der Waals surface area (Å²) in [7, 11) is 1.32. The lowest BCUT2D eigenvalue weighted by atomic mass is 10.3. The van der Waals surface area contributed by atoms with Crippen LogP contribution in [0.4, 0.5) is 0 Å². The molecule has 0 aromatic carbocycles. The second-order valence-corrected chi connectivity index (χ2v) is 2.21. The lowest BCUT2D eigenvalue weighted by Gasteiger charge is -1.99. The number of pyridine rings is 1. The minimum Gasteiger partial charge on any atom is -0.464 e. The van der Waals surface area contributed by atoms with Crippen LogP contribution in [-0.4, -0.2) is 18.1 Å². The average Bonchev–Trinajstić information content (AvgIpc) is 2.17.